The number of imidazole rings is 1. The van der Waals surface area contributed by atoms with Crippen molar-refractivity contribution in [3.05, 3.63) is 42.0 Å². The van der Waals surface area contributed by atoms with Crippen molar-refractivity contribution in [2.75, 3.05) is 13.7 Å². The molecule has 0 aliphatic heterocycles. The van der Waals surface area contributed by atoms with Crippen molar-refractivity contribution >= 4 is 10.0 Å². The number of aryl methyl sites for hydroxylation is 1. The van der Waals surface area contributed by atoms with Gasteiger partial charge < -0.3 is 9.30 Å². The number of hydrogen-bond donors (Lipinski definition) is 1. The molecule has 23 heavy (non-hydrogen) atoms. The van der Waals surface area contributed by atoms with Crippen LogP contribution >= 0.6 is 0 Å². The molecule has 1 saturated carbocycles. The molecule has 1 heterocycles. The number of aromatic nitrogens is 2. The number of methoxy groups -OCH3 is 1. The smallest absolute Gasteiger partial charge is 0.240 e. The molecule has 7 heteroatoms. The van der Waals surface area contributed by atoms with Gasteiger partial charge >= 0.3 is 0 Å². The summed E-state index contributed by atoms with van der Waals surface area (Å²) in [6.07, 6.45) is 4.20. The zero-order valence-corrected chi connectivity index (χ0v) is 14.1. The van der Waals surface area contributed by atoms with Crippen LogP contribution < -0.4 is 9.46 Å². The third-order valence-electron chi connectivity index (χ3n) is 4.03. The van der Waals surface area contributed by atoms with E-state index in [1.165, 1.54) is 12.8 Å². The molecule has 6 nitrogen and oxygen atoms in total. The van der Waals surface area contributed by atoms with Crippen molar-refractivity contribution < 1.29 is 13.2 Å². The van der Waals surface area contributed by atoms with E-state index >= 15 is 0 Å². The lowest BCUT2D eigenvalue weighted by Gasteiger charge is -2.11. The van der Waals surface area contributed by atoms with Crippen LogP contribution in [-0.4, -0.2) is 31.6 Å². The van der Waals surface area contributed by atoms with Gasteiger partial charge in [0, 0.05) is 30.9 Å². The lowest BCUT2D eigenvalue weighted by atomic mass is 10.3. The SMILES string of the molecule is COc1ccc(S(=O)(=O)NCCn2c(C)cnc2C2CC2)cc1. The highest BCUT2D eigenvalue weighted by Crippen LogP contribution is 2.39. The molecule has 0 bridgehead atoms. The van der Waals surface area contributed by atoms with E-state index in [9.17, 15) is 8.42 Å². The Balaban J connectivity index is 1.64. The summed E-state index contributed by atoms with van der Waals surface area (Å²) in [5, 5.41) is 0. The van der Waals surface area contributed by atoms with E-state index in [2.05, 4.69) is 14.3 Å². The molecule has 0 radical (unpaired) electrons. The molecule has 0 saturated heterocycles. The molecule has 1 aliphatic rings. The van der Waals surface area contributed by atoms with E-state index in [0.29, 0.717) is 24.8 Å². The quantitative estimate of drug-likeness (QED) is 0.840. The Morgan fingerprint density at radius 2 is 2.00 bits per heavy atom. The highest BCUT2D eigenvalue weighted by atomic mass is 32.2. The summed E-state index contributed by atoms with van der Waals surface area (Å²) in [6.45, 7) is 2.93. The molecular weight excluding hydrogens is 314 g/mol. The molecule has 3 rings (SSSR count). The first-order chi connectivity index (χ1) is 11.0. The van der Waals surface area contributed by atoms with Crippen molar-refractivity contribution in [3.8, 4) is 5.75 Å². The molecule has 0 amide bonds. The van der Waals surface area contributed by atoms with Crippen LogP contribution in [0, 0.1) is 6.92 Å². The molecule has 1 fully saturated rings. The average Bonchev–Trinajstić information content (AvgIpc) is 3.32. The van der Waals surface area contributed by atoms with Crippen LogP contribution in [0.3, 0.4) is 0 Å². The Morgan fingerprint density at radius 3 is 2.61 bits per heavy atom. The maximum absolute atomic E-state index is 12.3. The molecule has 2 aromatic rings. The number of nitrogens with zero attached hydrogens (tertiary/aromatic N) is 2. The molecule has 1 aromatic carbocycles. The number of nitrogens with one attached hydrogen (secondary N) is 1. The van der Waals surface area contributed by atoms with Crippen LogP contribution in [0.2, 0.25) is 0 Å². The normalized spacial score (nSPS) is 14.9. The molecule has 1 aliphatic carbocycles. The highest BCUT2D eigenvalue weighted by molar-refractivity contribution is 7.89. The van der Waals surface area contributed by atoms with Crippen molar-refractivity contribution in [1.29, 1.82) is 0 Å². The average molecular weight is 335 g/mol. The van der Waals surface area contributed by atoms with Gasteiger partial charge in [-0.05, 0) is 44.0 Å². The predicted molar refractivity (Wildman–Crippen MR) is 87.1 cm³/mol. The lowest BCUT2D eigenvalue weighted by molar-refractivity contribution is 0.414. The van der Waals surface area contributed by atoms with E-state index in [1.807, 2.05) is 13.1 Å². The standard InChI is InChI=1S/C16H21N3O3S/c1-12-11-17-16(13-3-4-13)19(12)10-9-18-23(20,21)15-7-5-14(22-2)6-8-15/h5-8,11,13,18H,3-4,9-10H2,1-2H3. The summed E-state index contributed by atoms with van der Waals surface area (Å²) in [7, 11) is -1.96. The van der Waals surface area contributed by atoms with E-state index in [-0.39, 0.29) is 4.90 Å². The van der Waals surface area contributed by atoms with Gasteiger partial charge in [0.2, 0.25) is 10.0 Å². The van der Waals surface area contributed by atoms with Crippen molar-refractivity contribution in [2.24, 2.45) is 0 Å². The molecule has 124 valence electrons. The number of benzene rings is 1. The van der Waals surface area contributed by atoms with Gasteiger partial charge in [-0.3, -0.25) is 0 Å². The van der Waals surface area contributed by atoms with E-state index in [0.717, 1.165) is 11.5 Å². The summed E-state index contributed by atoms with van der Waals surface area (Å²) in [4.78, 5) is 4.68. The second kappa shape index (κ2) is 6.33. The van der Waals surface area contributed by atoms with Gasteiger partial charge in [0.25, 0.3) is 0 Å². The first-order valence-electron chi connectivity index (χ1n) is 7.67. The second-order valence-corrected chi connectivity index (χ2v) is 7.52. The van der Waals surface area contributed by atoms with Crippen LogP contribution in [-0.2, 0) is 16.6 Å². The Bertz CT molecular complexity index is 777. The zero-order valence-electron chi connectivity index (χ0n) is 13.3. The van der Waals surface area contributed by atoms with E-state index in [1.54, 1.807) is 31.4 Å². The minimum Gasteiger partial charge on any atom is -0.497 e. The molecular formula is C16H21N3O3S. The molecule has 0 spiro atoms. The predicted octanol–water partition coefficient (Wildman–Crippen LogP) is 2.06. The first kappa shape index (κ1) is 16.0. The van der Waals surface area contributed by atoms with Crippen LogP contribution in [0.5, 0.6) is 5.75 Å². The fourth-order valence-corrected chi connectivity index (χ4v) is 3.59. The summed E-state index contributed by atoms with van der Waals surface area (Å²) in [6, 6.07) is 6.36. The maximum atomic E-state index is 12.3. The van der Waals surface area contributed by atoms with Gasteiger partial charge in [0.1, 0.15) is 11.6 Å². The fraction of sp³-hybridized carbons (Fsp3) is 0.438. The van der Waals surface area contributed by atoms with Gasteiger partial charge in [-0.1, -0.05) is 0 Å². The summed E-state index contributed by atoms with van der Waals surface area (Å²) < 4.78 is 34.4. The summed E-state index contributed by atoms with van der Waals surface area (Å²) in [5.74, 6) is 2.25. The van der Waals surface area contributed by atoms with E-state index in [4.69, 9.17) is 4.74 Å². The van der Waals surface area contributed by atoms with Crippen LogP contribution in [0.1, 0.15) is 30.3 Å². The van der Waals surface area contributed by atoms with Gasteiger partial charge in [-0.15, -0.1) is 0 Å². The molecule has 1 N–H and O–H groups in total. The monoisotopic (exact) mass is 335 g/mol. The van der Waals surface area contributed by atoms with Crippen molar-refractivity contribution in [3.63, 3.8) is 0 Å². The highest BCUT2D eigenvalue weighted by Gasteiger charge is 2.28. The van der Waals surface area contributed by atoms with Crippen LogP contribution in [0.4, 0.5) is 0 Å². The number of rotatable bonds is 7. The Labute approximate surface area is 136 Å². The first-order valence-corrected chi connectivity index (χ1v) is 9.15. The van der Waals surface area contributed by atoms with Crippen LogP contribution in [0.15, 0.2) is 35.4 Å². The lowest BCUT2D eigenvalue weighted by Crippen LogP contribution is -2.28. The minimum absolute atomic E-state index is 0.239. The molecule has 0 unspecified atom stereocenters. The summed E-state index contributed by atoms with van der Waals surface area (Å²) in [5.41, 5.74) is 1.07. The van der Waals surface area contributed by atoms with E-state index < -0.39 is 10.0 Å². The van der Waals surface area contributed by atoms with Gasteiger partial charge in [-0.2, -0.15) is 0 Å². The fourth-order valence-electron chi connectivity index (χ4n) is 2.57. The van der Waals surface area contributed by atoms with Gasteiger partial charge in [0.15, 0.2) is 0 Å². The Hall–Kier alpha value is -1.86. The van der Waals surface area contributed by atoms with Crippen LogP contribution in [0.25, 0.3) is 0 Å². The van der Waals surface area contributed by atoms with Gasteiger partial charge in [-0.25, -0.2) is 18.1 Å². The zero-order chi connectivity index (χ0) is 16.4. The Morgan fingerprint density at radius 1 is 1.30 bits per heavy atom. The van der Waals surface area contributed by atoms with Crippen molar-refractivity contribution in [1.82, 2.24) is 14.3 Å². The summed E-state index contributed by atoms with van der Waals surface area (Å²) >= 11 is 0. The third-order valence-corrected chi connectivity index (χ3v) is 5.50. The Kier molecular flexibility index (Phi) is 4.41. The van der Waals surface area contributed by atoms with Gasteiger partial charge in [0.05, 0.1) is 12.0 Å². The second-order valence-electron chi connectivity index (χ2n) is 5.76. The molecule has 0 atom stereocenters. The maximum Gasteiger partial charge on any atom is 0.240 e. The minimum atomic E-state index is -3.51. The third kappa shape index (κ3) is 3.56. The molecule has 1 aromatic heterocycles. The number of hydrogen-bond acceptors (Lipinski definition) is 4. The van der Waals surface area contributed by atoms with Crippen molar-refractivity contribution in [2.45, 2.75) is 37.1 Å². The number of sulfonamides is 1. The topological polar surface area (TPSA) is 73.2 Å². The largest absolute Gasteiger partial charge is 0.497 e. The number of ether oxygens (including phenoxy) is 1.